The number of nitrogens with one attached hydrogen (secondary N) is 4. The number of piperazine rings is 5. The number of hydrogen-bond acceptors (Lipinski definition) is 22. The van der Waals surface area contributed by atoms with Crippen molar-refractivity contribution in [2.24, 2.45) is 0 Å². The van der Waals surface area contributed by atoms with Crippen molar-refractivity contribution in [3.63, 3.8) is 0 Å². The number of carboxylic acid groups (broad SMARTS) is 1. The number of ether oxygens (including phenoxy) is 6. The van der Waals surface area contributed by atoms with Gasteiger partial charge in [-0.2, -0.15) is 0 Å². The fourth-order valence-electron chi connectivity index (χ4n) is 11.3. The zero-order valence-corrected chi connectivity index (χ0v) is 81.5. The maximum absolute atomic E-state index is 12.3. The number of methoxy groups -OCH3 is 2. The number of carbonyl (C=O) groups excluding carboxylic acids is 8. The Hall–Kier alpha value is -9.57. The minimum absolute atomic E-state index is 0. The Morgan fingerprint density at radius 3 is 0.752 bits per heavy atom. The summed E-state index contributed by atoms with van der Waals surface area (Å²) in [6, 6.07) is 35.0. The topological polar surface area (TPSA) is 333 Å². The number of esters is 2. The summed E-state index contributed by atoms with van der Waals surface area (Å²) in [5.41, 5.74) is 4.97. The first-order valence-corrected chi connectivity index (χ1v) is 43.1. The molecule has 6 amide bonds. The number of amides is 6. The van der Waals surface area contributed by atoms with Crippen molar-refractivity contribution >= 4 is 89.3 Å². The molecule has 5 fully saturated rings. The van der Waals surface area contributed by atoms with Crippen molar-refractivity contribution in [2.45, 2.75) is 215 Å². The van der Waals surface area contributed by atoms with Gasteiger partial charge in [-0.05, 0) is 232 Å². The fraction of sp³-hybridized carbons (Fsp3) is 0.581. The molecule has 702 valence electrons. The van der Waals surface area contributed by atoms with Crippen LogP contribution in [0.5, 0.6) is 0 Å². The molecule has 29 nitrogen and oxygen atoms in total. The van der Waals surface area contributed by atoms with Gasteiger partial charge in [0, 0.05) is 177 Å². The monoisotopic (exact) mass is 1770 g/mol. The predicted octanol–water partition coefficient (Wildman–Crippen LogP) is 13.9. The molecule has 0 unspecified atom stereocenters. The zero-order chi connectivity index (χ0) is 93.1. The van der Waals surface area contributed by atoms with Gasteiger partial charge in [0.2, 0.25) is 0 Å². The van der Waals surface area contributed by atoms with E-state index >= 15 is 0 Å². The molecule has 0 aliphatic carbocycles. The number of halogens is 2. The molecule has 0 bridgehead atoms. The van der Waals surface area contributed by atoms with Gasteiger partial charge in [0.05, 0.1) is 30.9 Å². The molecule has 5 saturated heterocycles. The quantitative estimate of drug-likeness (QED) is 0.0466. The van der Waals surface area contributed by atoms with E-state index in [1.165, 1.54) is 44.2 Å². The van der Waals surface area contributed by atoms with E-state index in [-0.39, 0.29) is 108 Å². The molecule has 10 rings (SSSR count). The van der Waals surface area contributed by atoms with Crippen molar-refractivity contribution in [1.82, 2.24) is 40.9 Å². The second-order valence-corrected chi connectivity index (χ2v) is 31.6. The first kappa shape index (κ1) is 122. The van der Waals surface area contributed by atoms with E-state index in [1.807, 2.05) is 241 Å². The Balaban J connectivity index is -0.000000695. The summed E-state index contributed by atoms with van der Waals surface area (Å²) < 4.78 is 42.8. The molecule has 5 aromatic carbocycles. The molecule has 6 N–H and O–H groups in total. The molecule has 5 heterocycles. The van der Waals surface area contributed by atoms with Gasteiger partial charge in [-0.1, -0.05) is 69.2 Å². The summed E-state index contributed by atoms with van der Waals surface area (Å²) in [5, 5.41) is 21.2. The van der Waals surface area contributed by atoms with Gasteiger partial charge in [-0.3, -0.25) is 9.59 Å². The molecule has 0 aromatic heterocycles. The number of anilines is 4. The number of carboxylic acids is 1. The average Bonchev–Trinajstić information content (AvgIpc) is 0.847. The fourth-order valence-corrected chi connectivity index (χ4v) is 11.3. The van der Waals surface area contributed by atoms with Gasteiger partial charge in [-0.15, -0.1) is 12.4 Å². The maximum atomic E-state index is 12.3. The van der Waals surface area contributed by atoms with Crippen LogP contribution < -0.4 is 59.7 Å². The predicted molar refractivity (Wildman–Crippen MR) is 499 cm³/mol. The van der Waals surface area contributed by atoms with E-state index in [0.717, 1.165) is 101 Å². The molecular weight excluding hydrogens is 1620 g/mol. The number of hydrogen-bond donors (Lipinski definition) is 5. The van der Waals surface area contributed by atoms with Gasteiger partial charge < -0.3 is 99.5 Å². The zero-order valence-electron chi connectivity index (χ0n) is 80.7. The number of aromatic carboxylic acids is 1. The Kier molecular flexibility index (Phi) is 62.5. The maximum Gasteiger partial charge on any atom is 1.00 e. The van der Waals surface area contributed by atoms with Gasteiger partial charge in [-0.25, -0.2) is 38.0 Å². The number of carbonyl (C=O) groups is 9. The summed E-state index contributed by atoms with van der Waals surface area (Å²) in [6.45, 7) is 65.6. The van der Waals surface area contributed by atoms with Crippen molar-refractivity contribution in [2.75, 3.05) is 165 Å². The molecule has 32 heteroatoms. The van der Waals surface area contributed by atoms with E-state index in [4.69, 9.17) is 28.8 Å². The van der Waals surface area contributed by atoms with Crippen molar-refractivity contribution in [3.05, 3.63) is 155 Å². The van der Waals surface area contributed by atoms with Crippen molar-refractivity contribution in [1.29, 1.82) is 0 Å². The summed E-state index contributed by atoms with van der Waals surface area (Å²) >= 11 is 0. The molecule has 0 atom stereocenters. The Labute approximate surface area is 765 Å². The first-order valence-electron chi connectivity index (χ1n) is 43.1. The van der Waals surface area contributed by atoms with E-state index in [9.17, 15) is 47.5 Å². The Morgan fingerprint density at radius 2 is 0.536 bits per heavy atom. The minimum Gasteiger partial charge on any atom is -0.870 e. The SMILES string of the molecule is CC.CC.CC.CC.CC.CC(C)(C)OC(=O)N1CCN(c2ccc(C(=O)O)cc2)CC1.CC(C)(C)OC(=O)N1CCNCC1.CC(C)NC(=O)c1ccc(N2CCN(C(=O)OC(C)(C)C)CC2)cc1.CC(C)NC(=O)c1ccc(N2CCNCC2)cc1.COC(=O)c1ccc(F)cc1.COC(=O)c1ccc(N2CCN(C(=O)OC(C)(C)C)CC2)cc1.Cl.[Li+].[OH-]. The normalized spacial score (nSPS) is 13.9. The van der Waals surface area contributed by atoms with Gasteiger partial charge >= 0.3 is 61.1 Å². The molecule has 0 saturated carbocycles. The smallest absolute Gasteiger partial charge is 0.870 e. The van der Waals surface area contributed by atoms with E-state index in [1.54, 1.807) is 56.0 Å². The third-order valence-electron chi connectivity index (χ3n) is 16.9. The van der Waals surface area contributed by atoms with Crippen LogP contribution >= 0.6 is 12.4 Å². The molecule has 125 heavy (non-hydrogen) atoms. The van der Waals surface area contributed by atoms with Crippen LogP contribution in [0.15, 0.2) is 121 Å². The Bertz CT molecular complexity index is 3790. The molecule has 5 aromatic rings. The van der Waals surface area contributed by atoms with Crippen LogP contribution in [0.25, 0.3) is 0 Å². The number of rotatable bonds is 11. The minimum atomic E-state index is -0.929. The summed E-state index contributed by atoms with van der Waals surface area (Å²) in [5.74, 6) is -2.15. The standard InChI is InChI=1S/C19H29N3O3.C17H24N2O4.C16H22N2O4.C14H21N3O.C9H18N2O2.C8H7FO2.5C2H6.ClH.Li.H2O/c1-14(2)20-17(23)15-6-8-16(9-7-15)21-10-12-22(13-11-21)18(24)25-19(3,4)5;1-17(2,3)23-16(21)19-11-9-18(10-12-19)14-7-5-13(6-8-14)15(20)22-4;1-16(2,3)22-15(21)18-10-8-17(9-11-18)13-6-4-12(5-7-13)14(19)20;1-11(2)16-14(18)12-3-5-13(6-4-12)17-9-7-15-8-10-17;1-9(2,3)13-8(12)11-6-4-10-5-7-11;1-11-8(10)6-2-4-7(9)5-3-6;5*1-2;;;/h6-9,14H,10-13H2,1-5H3,(H,20,23);5-8H,9-12H2,1-4H3;4-7H,8-11H2,1-3H3,(H,19,20);3-6,11,15H,7-10H2,1-2H3,(H,16,18);10H,4-7H2,1-3H3;2-5H,1H3;5*1-2H3;1H;;1H2/q;;;;;;;;;;;;+1;/p-1. The largest absolute Gasteiger partial charge is 1.00 e. The number of benzene rings is 5. The van der Waals surface area contributed by atoms with E-state index < -0.39 is 28.7 Å². The summed E-state index contributed by atoms with van der Waals surface area (Å²) in [7, 11) is 2.65. The van der Waals surface area contributed by atoms with Crippen LogP contribution in [0.2, 0.25) is 0 Å². The molecular formula is C93H153ClFLiN12O17. The Morgan fingerprint density at radius 1 is 0.336 bits per heavy atom. The average molecular weight is 1770 g/mol. The van der Waals surface area contributed by atoms with Crippen LogP contribution in [0, 0.1) is 5.82 Å². The molecule has 0 radical (unpaired) electrons. The van der Waals surface area contributed by atoms with Gasteiger partial charge in [0.1, 0.15) is 28.2 Å². The molecule has 5 aliphatic heterocycles. The van der Waals surface area contributed by atoms with Crippen LogP contribution in [0.1, 0.15) is 232 Å². The van der Waals surface area contributed by atoms with E-state index in [2.05, 4.69) is 45.6 Å². The summed E-state index contributed by atoms with van der Waals surface area (Å²) in [6.07, 6.45) is -1.01. The van der Waals surface area contributed by atoms with Crippen LogP contribution in [-0.4, -0.2) is 264 Å². The molecule has 0 spiro atoms. The second kappa shape index (κ2) is 64.2. The second-order valence-electron chi connectivity index (χ2n) is 31.6. The number of nitrogens with zero attached hydrogens (tertiary/aromatic N) is 8. The van der Waals surface area contributed by atoms with Gasteiger partial charge in [0.25, 0.3) is 11.8 Å². The van der Waals surface area contributed by atoms with Gasteiger partial charge in [0.15, 0.2) is 0 Å². The molecule has 5 aliphatic rings. The van der Waals surface area contributed by atoms with E-state index in [0.29, 0.717) is 69.0 Å². The summed E-state index contributed by atoms with van der Waals surface area (Å²) in [4.78, 5) is 120. The third kappa shape index (κ3) is 49.8. The van der Waals surface area contributed by atoms with Crippen LogP contribution in [0.3, 0.4) is 0 Å². The van der Waals surface area contributed by atoms with Crippen LogP contribution in [0.4, 0.5) is 46.3 Å². The van der Waals surface area contributed by atoms with Crippen LogP contribution in [-0.2, 0) is 28.4 Å². The van der Waals surface area contributed by atoms with Crippen molar-refractivity contribution < 1.29 is 105 Å². The third-order valence-corrected chi connectivity index (χ3v) is 16.9. The van der Waals surface area contributed by atoms with Crippen molar-refractivity contribution in [3.8, 4) is 0 Å². The first-order chi connectivity index (χ1) is 57.6.